The van der Waals surface area contributed by atoms with Gasteiger partial charge in [-0.25, -0.2) is 13.6 Å². The highest BCUT2D eigenvalue weighted by Gasteiger charge is 2.37. The first-order valence-corrected chi connectivity index (χ1v) is 10.4. The number of carboxylic acids is 1. The Hall–Kier alpha value is -3.70. The maximum Gasteiger partial charge on any atom is 0.341 e. The SMILES string of the molecule is CCO/N=C(/N)C1CN(c2c(F)cc3c(=O)c(C(=O)O)cn(C4CC4)c3c2F)C/C1=N\OC. The fourth-order valence-electron chi connectivity index (χ4n) is 4.06. The minimum absolute atomic E-state index is 0.00106. The molecule has 1 aromatic heterocycles. The molecule has 4 rings (SSSR count). The molecule has 2 fully saturated rings. The van der Waals surface area contributed by atoms with Crippen molar-refractivity contribution >= 4 is 34.1 Å². The first kappa shape index (κ1) is 22.5. The van der Waals surface area contributed by atoms with E-state index >= 15 is 8.78 Å². The Balaban J connectivity index is 1.86. The van der Waals surface area contributed by atoms with E-state index in [-0.39, 0.29) is 41.6 Å². The van der Waals surface area contributed by atoms with Gasteiger partial charge in [0.1, 0.15) is 36.6 Å². The van der Waals surface area contributed by atoms with Gasteiger partial charge in [0.15, 0.2) is 5.82 Å². The molecular weight excluding hydrogens is 440 g/mol. The molecule has 1 atom stereocenters. The molecule has 0 amide bonds. The van der Waals surface area contributed by atoms with Crippen molar-refractivity contribution in [2.24, 2.45) is 22.0 Å². The van der Waals surface area contributed by atoms with Crippen molar-refractivity contribution < 1.29 is 28.4 Å². The number of anilines is 1. The van der Waals surface area contributed by atoms with Crippen molar-refractivity contribution in [2.75, 3.05) is 31.7 Å². The van der Waals surface area contributed by atoms with Crippen molar-refractivity contribution in [3.8, 4) is 0 Å². The number of fused-ring (bicyclic) bond motifs is 1. The minimum atomic E-state index is -1.45. The fraction of sp³-hybridized carbons (Fsp3) is 0.429. The molecule has 0 bridgehead atoms. The van der Waals surface area contributed by atoms with Crippen LogP contribution in [0.25, 0.3) is 10.9 Å². The van der Waals surface area contributed by atoms with E-state index in [1.54, 1.807) is 6.92 Å². The second-order valence-corrected chi connectivity index (χ2v) is 7.86. The Morgan fingerprint density at radius 2 is 2.09 bits per heavy atom. The molecule has 2 aliphatic rings. The fourth-order valence-corrected chi connectivity index (χ4v) is 4.06. The van der Waals surface area contributed by atoms with Gasteiger partial charge in [-0.15, -0.1) is 0 Å². The number of rotatable bonds is 7. The topological polar surface area (TPSA) is 132 Å². The number of aromatic carboxylic acids is 1. The first-order valence-electron chi connectivity index (χ1n) is 10.4. The van der Waals surface area contributed by atoms with Crippen LogP contribution in [0.4, 0.5) is 14.5 Å². The van der Waals surface area contributed by atoms with Gasteiger partial charge in [-0.1, -0.05) is 10.3 Å². The number of halogens is 2. The number of carbonyl (C=O) groups is 1. The molecule has 0 radical (unpaired) electrons. The van der Waals surface area contributed by atoms with E-state index in [9.17, 15) is 14.7 Å². The summed E-state index contributed by atoms with van der Waals surface area (Å²) in [6.45, 7) is 2.07. The number of carboxylic acid groups (broad SMARTS) is 1. The monoisotopic (exact) mass is 463 g/mol. The molecule has 1 aliphatic carbocycles. The lowest BCUT2D eigenvalue weighted by atomic mass is 10.1. The van der Waals surface area contributed by atoms with Crippen molar-refractivity contribution in [1.29, 1.82) is 0 Å². The van der Waals surface area contributed by atoms with Gasteiger partial charge in [-0.05, 0) is 25.8 Å². The maximum atomic E-state index is 15.8. The highest BCUT2D eigenvalue weighted by Crippen LogP contribution is 2.40. The summed E-state index contributed by atoms with van der Waals surface area (Å²) in [5, 5.41) is 16.8. The Kier molecular flexibility index (Phi) is 5.91. The normalized spacial score (nSPS) is 20.0. The van der Waals surface area contributed by atoms with Crippen LogP contribution in [0.1, 0.15) is 36.2 Å². The van der Waals surface area contributed by atoms with Crippen LogP contribution in [0, 0.1) is 17.6 Å². The van der Waals surface area contributed by atoms with Gasteiger partial charge in [0.2, 0.25) is 5.43 Å². The highest BCUT2D eigenvalue weighted by atomic mass is 19.1. The Labute approximate surface area is 186 Å². The lowest BCUT2D eigenvalue weighted by Crippen LogP contribution is -2.31. The summed E-state index contributed by atoms with van der Waals surface area (Å²) in [6, 6.07) is 0.726. The minimum Gasteiger partial charge on any atom is -0.477 e. The molecule has 1 saturated carbocycles. The van der Waals surface area contributed by atoms with Gasteiger partial charge < -0.3 is 30.0 Å². The number of amidine groups is 1. The van der Waals surface area contributed by atoms with Crippen molar-refractivity contribution in [2.45, 2.75) is 25.8 Å². The average molecular weight is 463 g/mol. The molecule has 1 saturated heterocycles. The van der Waals surface area contributed by atoms with Gasteiger partial charge >= 0.3 is 5.97 Å². The zero-order valence-corrected chi connectivity index (χ0v) is 18.0. The highest BCUT2D eigenvalue weighted by molar-refractivity contribution is 6.10. The largest absolute Gasteiger partial charge is 0.477 e. The standard InChI is InChI=1S/C21H23F2N5O5/c1-3-33-26-20(24)12-7-27(9-15(12)25-32-2)18-14(22)6-11-17(16(18)23)28(10-4-5-10)8-13(19(11)29)21(30)31/h6,8,10,12H,3-5,7,9H2,1-2H3,(H2,24,26)(H,30,31)/b25-15+. The number of hydrogen-bond donors (Lipinski definition) is 2. The molecular formula is C21H23F2N5O5. The van der Waals surface area contributed by atoms with E-state index < -0.39 is 34.5 Å². The quantitative estimate of drug-likeness (QED) is 0.365. The molecule has 176 valence electrons. The van der Waals surface area contributed by atoms with Crippen LogP contribution in [0.2, 0.25) is 0 Å². The van der Waals surface area contributed by atoms with Gasteiger partial charge in [0, 0.05) is 18.8 Å². The number of aromatic nitrogens is 1. The number of oxime groups is 2. The predicted octanol–water partition coefficient (Wildman–Crippen LogP) is 2.06. The Morgan fingerprint density at radius 3 is 2.70 bits per heavy atom. The number of benzene rings is 1. The number of nitrogens with zero attached hydrogens (tertiary/aromatic N) is 4. The van der Waals surface area contributed by atoms with Gasteiger partial charge in [-0.3, -0.25) is 4.79 Å². The third-order valence-corrected chi connectivity index (χ3v) is 5.69. The lowest BCUT2D eigenvalue weighted by Gasteiger charge is -2.22. The van der Waals surface area contributed by atoms with E-state index in [2.05, 4.69) is 10.3 Å². The summed E-state index contributed by atoms with van der Waals surface area (Å²) in [4.78, 5) is 35.4. The summed E-state index contributed by atoms with van der Waals surface area (Å²) in [6.07, 6.45) is 2.53. The summed E-state index contributed by atoms with van der Waals surface area (Å²) in [5.41, 5.74) is 4.44. The van der Waals surface area contributed by atoms with Crippen molar-refractivity contribution in [1.82, 2.24) is 4.57 Å². The van der Waals surface area contributed by atoms with Crippen LogP contribution in [0.3, 0.4) is 0 Å². The van der Waals surface area contributed by atoms with Gasteiger partial charge in [0.25, 0.3) is 0 Å². The molecule has 1 unspecified atom stereocenters. The maximum absolute atomic E-state index is 15.8. The molecule has 1 aromatic carbocycles. The lowest BCUT2D eigenvalue weighted by molar-refractivity contribution is 0.0694. The van der Waals surface area contributed by atoms with Crippen LogP contribution < -0.4 is 16.1 Å². The second kappa shape index (κ2) is 8.68. The van der Waals surface area contributed by atoms with Crippen LogP contribution in [0.15, 0.2) is 27.4 Å². The van der Waals surface area contributed by atoms with Crippen molar-refractivity contribution in [3.05, 3.63) is 39.7 Å². The summed E-state index contributed by atoms with van der Waals surface area (Å²) in [5.74, 6) is -3.93. The Morgan fingerprint density at radius 1 is 1.36 bits per heavy atom. The zero-order chi connectivity index (χ0) is 23.9. The molecule has 2 aromatic rings. The van der Waals surface area contributed by atoms with E-state index in [1.807, 2.05) is 0 Å². The van der Waals surface area contributed by atoms with Crippen LogP contribution in [-0.2, 0) is 9.68 Å². The smallest absolute Gasteiger partial charge is 0.341 e. The van der Waals surface area contributed by atoms with E-state index in [1.165, 1.54) is 16.6 Å². The van der Waals surface area contributed by atoms with Crippen molar-refractivity contribution in [3.63, 3.8) is 0 Å². The molecule has 1 aliphatic heterocycles. The number of pyridine rings is 1. The summed E-state index contributed by atoms with van der Waals surface area (Å²) >= 11 is 0. The molecule has 12 heteroatoms. The van der Waals surface area contributed by atoms with E-state index in [4.69, 9.17) is 15.4 Å². The van der Waals surface area contributed by atoms with Crippen LogP contribution in [0.5, 0.6) is 0 Å². The van der Waals surface area contributed by atoms with Gasteiger partial charge in [0.05, 0.1) is 29.1 Å². The molecule has 0 spiro atoms. The van der Waals surface area contributed by atoms with E-state index in [0.717, 1.165) is 12.3 Å². The van der Waals surface area contributed by atoms with Crippen LogP contribution >= 0.6 is 0 Å². The third kappa shape index (κ3) is 3.96. The summed E-state index contributed by atoms with van der Waals surface area (Å²) < 4.78 is 32.5. The van der Waals surface area contributed by atoms with Gasteiger partial charge in [-0.2, -0.15) is 0 Å². The Bertz CT molecular complexity index is 1240. The molecule has 2 heterocycles. The zero-order valence-electron chi connectivity index (χ0n) is 18.0. The number of nitrogens with two attached hydrogens (primary N) is 1. The number of hydrogen-bond acceptors (Lipinski definition) is 7. The summed E-state index contributed by atoms with van der Waals surface area (Å²) in [7, 11) is 1.34. The predicted molar refractivity (Wildman–Crippen MR) is 117 cm³/mol. The first-order chi connectivity index (χ1) is 15.8. The molecule has 3 N–H and O–H groups in total. The third-order valence-electron chi connectivity index (χ3n) is 5.69. The van der Waals surface area contributed by atoms with Crippen LogP contribution in [-0.4, -0.2) is 54.0 Å². The molecule has 33 heavy (non-hydrogen) atoms. The molecule has 10 nitrogen and oxygen atoms in total. The second-order valence-electron chi connectivity index (χ2n) is 7.86. The van der Waals surface area contributed by atoms with E-state index in [0.29, 0.717) is 25.2 Å². The average Bonchev–Trinajstić information content (AvgIpc) is 3.53.